The summed E-state index contributed by atoms with van der Waals surface area (Å²) in [6, 6.07) is 7.93. The molecule has 4 nitrogen and oxygen atoms in total. The highest BCUT2D eigenvalue weighted by molar-refractivity contribution is 7.99. The van der Waals surface area contributed by atoms with Gasteiger partial charge in [0.05, 0.1) is 12.1 Å². The minimum absolute atomic E-state index is 0.353. The summed E-state index contributed by atoms with van der Waals surface area (Å²) in [6.07, 6.45) is 0.791. The molecule has 1 aromatic carbocycles. The molecule has 4 N–H and O–H groups in total. The molecular formula is C13H19N3OS. The summed E-state index contributed by atoms with van der Waals surface area (Å²) in [5, 5.41) is 13.2. The molecule has 18 heavy (non-hydrogen) atoms. The third-order valence-corrected chi connectivity index (χ3v) is 4.15. The Morgan fingerprint density at radius 3 is 3.11 bits per heavy atom. The first-order valence-electron chi connectivity index (χ1n) is 6.01. The van der Waals surface area contributed by atoms with Crippen molar-refractivity contribution in [1.82, 2.24) is 0 Å². The minimum Gasteiger partial charge on any atom is -0.387 e. The molecular weight excluding hydrogens is 246 g/mol. The summed E-state index contributed by atoms with van der Waals surface area (Å²) >= 11 is 1.76. The van der Waals surface area contributed by atoms with E-state index in [0.29, 0.717) is 12.5 Å². The maximum absolute atomic E-state index is 10.1. The second kappa shape index (κ2) is 5.63. The second-order valence-electron chi connectivity index (χ2n) is 4.72. The van der Waals surface area contributed by atoms with Gasteiger partial charge >= 0.3 is 0 Å². The molecule has 0 aliphatic carbocycles. The van der Waals surface area contributed by atoms with Crippen molar-refractivity contribution in [1.29, 1.82) is 0 Å². The van der Waals surface area contributed by atoms with E-state index in [0.717, 1.165) is 23.6 Å². The van der Waals surface area contributed by atoms with Crippen LogP contribution in [0, 0.1) is 6.92 Å². The van der Waals surface area contributed by atoms with Gasteiger partial charge in [-0.3, -0.25) is 4.99 Å². The monoisotopic (exact) mass is 265 g/mol. The van der Waals surface area contributed by atoms with Crippen LogP contribution in [-0.4, -0.2) is 34.7 Å². The predicted octanol–water partition coefficient (Wildman–Crippen LogP) is 1.59. The fourth-order valence-electron chi connectivity index (χ4n) is 1.86. The molecule has 0 radical (unpaired) electrons. The number of aliphatic imine (C=N–C) groups is 1. The number of hydrogen-bond donors (Lipinski definition) is 3. The third kappa shape index (κ3) is 3.65. The van der Waals surface area contributed by atoms with Crippen molar-refractivity contribution < 1.29 is 5.11 Å². The molecule has 2 rings (SSSR count). The number of anilines is 1. The first-order chi connectivity index (χ1) is 8.57. The van der Waals surface area contributed by atoms with E-state index in [4.69, 9.17) is 5.73 Å². The molecule has 0 spiro atoms. The van der Waals surface area contributed by atoms with Crippen LogP contribution in [0.1, 0.15) is 12.0 Å². The average Bonchev–Trinajstić information content (AvgIpc) is 2.74. The zero-order valence-electron chi connectivity index (χ0n) is 10.5. The number of nitrogens with zero attached hydrogens (tertiary/aromatic N) is 1. The molecule has 98 valence electrons. The van der Waals surface area contributed by atoms with E-state index >= 15 is 0 Å². The van der Waals surface area contributed by atoms with Crippen LogP contribution in [0.25, 0.3) is 0 Å². The lowest BCUT2D eigenvalue weighted by Crippen LogP contribution is -2.34. The van der Waals surface area contributed by atoms with Crippen molar-refractivity contribution in [3.05, 3.63) is 29.8 Å². The zero-order valence-corrected chi connectivity index (χ0v) is 11.3. The van der Waals surface area contributed by atoms with Gasteiger partial charge in [0, 0.05) is 11.4 Å². The van der Waals surface area contributed by atoms with Crippen molar-refractivity contribution in [2.45, 2.75) is 18.9 Å². The number of aryl methyl sites for hydroxylation is 1. The number of nitrogens with one attached hydrogen (secondary N) is 1. The van der Waals surface area contributed by atoms with Crippen LogP contribution in [0.15, 0.2) is 29.3 Å². The molecule has 0 saturated carbocycles. The molecule has 0 amide bonds. The van der Waals surface area contributed by atoms with Crippen LogP contribution in [0.2, 0.25) is 0 Å². The molecule has 1 saturated heterocycles. The first kappa shape index (κ1) is 13.2. The highest BCUT2D eigenvalue weighted by atomic mass is 32.2. The molecule has 1 aromatic rings. The number of rotatable bonds is 3. The Morgan fingerprint density at radius 1 is 1.61 bits per heavy atom. The molecule has 1 atom stereocenters. The van der Waals surface area contributed by atoms with Crippen molar-refractivity contribution in [3.8, 4) is 0 Å². The Hall–Kier alpha value is -1.20. The van der Waals surface area contributed by atoms with Crippen LogP contribution in [0.5, 0.6) is 0 Å². The molecule has 1 heterocycles. The van der Waals surface area contributed by atoms with Gasteiger partial charge in [0.15, 0.2) is 5.96 Å². The van der Waals surface area contributed by atoms with Crippen molar-refractivity contribution in [2.75, 3.05) is 23.4 Å². The summed E-state index contributed by atoms with van der Waals surface area (Å²) in [5.74, 6) is 2.09. The number of benzene rings is 1. The first-order valence-corrected chi connectivity index (χ1v) is 7.17. The zero-order chi connectivity index (χ0) is 13.0. The van der Waals surface area contributed by atoms with Crippen molar-refractivity contribution >= 4 is 23.4 Å². The average molecular weight is 265 g/mol. The number of guanidine groups is 1. The van der Waals surface area contributed by atoms with Crippen molar-refractivity contribution in [2.24, 2.45) is 10.7 Å². The third-order valence-electron chi connectivity index (χ3n) is 2.92. The largest absolute Gasteiger partial charge is 0.387 e. The Labute approximate surface area is 112 Å². The molecule has 0 aromatic heterocycles. The van der Waals surface area contributed by atoms with E-state index in [1.165, 1.54) is 5.56 Å². The van der Waals surface area contributed by atoms with E-state index in [9.17, 15) is 5.11 Å². The van der Waals surface area contributed by atoms with Gasteiger partial charge in [-0.1, -0.05) is 12.1 Å². The Kier molecular flexibility index (Phi) is 4.14. The highest BCUT2D eigenvalue weighted by Crippen LogP contribution is 2.27. The topological polar surface area (TPSA) is 70.6 Å². The van der Waals surface area contributed by atoms with Crippen LogP contribution in [0.4, 0.5) is 5.69 Å². The quantitative estimate of drug-likeness (QED) is 0.573. The lowest BCUT2D eigenvalue weighted by molar-refractivity contribution is 0.0780. The summed E-state index contributed by atoms with van der Waals surface area (Å²) in [7, 11) is 0. The van der Waals surface area contributed by atoms with Crippen molar-refractivity contribution in [3.63, 3.8) is 0 Å². The highest BCUT2D eigenvalue weighted by Gasteiger charge is 2.31. The fourth-order valence-corrected chi connectivity index (χ4v) is 3.15. The molecule has 0 bridgehead atoms. The van der Waals surface area contributed by atoms with Gasteiger partial charge in [-0.25, -0.2) is 0 Å². The lowest BCUT2D eigenvalue weighted by atomic mass is 10.1. The summed E-state index contributed by atoms with van der Waals surface area (Å²) in [6.45, 7) is 2.39. The Morgan fingerprint density at radius 2 is 2.44 bits per heavy atom. The van der Waals surface area contributed by atoms with E-state index in [2.05, 4.69) is 10.3 Å². The normalized spacial score (nSPS) is 24.2. The Bertz CT molecular complexity index is 442. The number of hydrogen-bond acceptors (Lipinski definition) is 3. The summed E-state index contributed by atoms with van der Waals surface area (Å²) < 4.78 is 0. The predicted molar refractivity (Wildman–Crippen MR) is 78.2 cm³/mol. The van der Waals surface area contributed by atoms with Gasteiger partial charge in [-0.15, -0.1) is 0 Å². The van der Waals surface area contributed by atoms with Crippen LogP contribution < -0.4 is 11.1 Å². The Balaban J connectivity index is 1.93. The van der Waals surface area contributed by atoms with Gasteiger partial charge in [-0.2, -0.15) is 11.8 Å². The SMILES string of the molecule is Cc1cccc(NC(N)=NCC2(O)CCSC2)c1. The van der Waals surface area contributed by atoms with Crippen LogP contribution in [0.3, 0.4) is 0 Å². The fraction of sp³-hybridized carbons (Fsp3) is 0.462. The molecule has 1 aliphatic heterocycles. The van der Waals surface area contributed by atoms with Crippen LogP contribution >= 0.6 is 11.8 Å². The number of nitrogens with two attached hydrogens (primary N) is 1. The smallest absolute Gasteiger partial charge is 0.193 e. The minimum atomic E-state index is -0.677. The van der Waals surface area contributed by atoms with Crippen LogP contribution in [-0.2, 0) is 0 Å². The van der Waals surface area contributed by atoms with Gasteiger partial charge in [0.1, 0.15) is 0 Å². The maximum Gasteiger partial charge on any atom is 0.193 e. The second-order valence-corrected chi connectivity index (χ2v) is 5.83. The van der Waals surface area contributed by atoms with E-state index in [1.54, 1.807) is 11.8 Å². The van der Waals surface area contributed by atoms with Gasteiger partial charge in [0.2, 0.25) is 0 Å². The van der Waals surface area contributed by atoms with Gasteiger partial charge in [-0.05, 0) is 36.8 Å². The maximum atomic E-state index is 10.1. The van der Waals surface area contributed by atoms with E-state index in [1.807, 2.05) is 31.2 Å². The molecule has 5 heteroatoms. The van der Waals surface area contributed by atoms with Gasteiger partial charge in [0.25, 0.3) is 0 Å². The number of thioether (sulfide) groups is 1. The lowest BCUT2D eigenvalue weighted by Gasteiger charge is -2.18. The number of aliphatic hydroxyl groups is 1. The van der Waals surface area contributed by atoms with E-state index < -0.39 is 5.60 Å². The standard InChI is InChI=1S/C13H19N3OS/c1-10-3-2-4-11(7-10)16-12(14)15-8-13(17)5-6-18-9-13/h2-4,7,17H,5-6,8-9H2,1H3,(H3,14,15,16). The van der Waals surface area contributed by atoms with E-state index in [-0.39, 0.29) is 0 Å². The van der Waals surface area contributed by atoms with Gasteiger partial charge < -0.3 is 16.2 Å². The molecule has 1 aliphatic rings. The summed E-state index contributed by atoms with van der Waals surface area (Å²) in [4.78, 5) is 4.22. The molecule has 1 unspecified atom stereocenters. The molecule has 1 fully saturated rings. The summed E-state index contributed by atoms with van der Waals surface area (Å²) in [5.41, 5.74) is 7.22.